The molecule has 1 aliphatic heterocycles. The number of likely N-dealkylation sites (tertiary alicyclic amines) is 1. The molecule has 0 aliphatic carbocycles. The van der Waals surface area contributed by atoms with Crippen molar-refractivity contribution in [1.29, 1.82) is 0 Å². The standard InChI is InChI=1S/C17H18N2O2/c1-12-10-16(20)14(11-18-12)17(21)19-9-5-8-15(19)13-6-3-2-4-7-13/h2-4,6-7,10-11,15H,5,8-9H2,1H3,(H,18,20). The number of hydrogen-bond donors (Lipinski definition) is 1. The van der Waals surface area contributed by atoms with Crippen molar-refractivity contribution in [3.05, 3.63) is 69.6 Å². The monoisotopic (exact) mass is 282 g/mol. The minimum absolute atomic E-state index is 0.0689. The molecule has 1 aliphatic rings. The lowest BCUT2D eigenvalue weighted by atomic mass is 10.0. The molecule has 1 aromatic heterocycles. The maximum atomic E-state index is 12.7. The number of aryl methyl sites for hydroxylation is 1. The number of H-pyrrole nitrogens is 1. The molecule has 1 aromatic carbocycles. The van der Waals surface area contributed by atoms with E-state index < -0.39 is 0 Å². The van der Waals surface area contributed by atoms with Crippen LogP contribution in [0.1, 0.15) is 40.5 Å². The Morgan fingerprint density at radius 2 is 2.05 bits per heavy atom. The van der Waals surface area contributed by atoms with Crippen LogP contribution in [0.3, 0.4) is 0 Å². The predicted molar refractivity (Wildman–Crippen MR) is 81.3 cm³/mol. The van der Waals surface area contributed by atoms with E-state index in [1.54, 1.807) is 6.92 Å². The van der Waals surface area contributed by atoms with Crippen molar-refractivity contribution in [2.24, 2.45) is 0 Å². The zero-order chi connectivity index (χ0) is 14.8. The third kappa shape index (κ3) is 2.61. The Kier molecular flexibility index (Phi) is 3.60. The van der Waals surface area contributed by atoms with Gasteiger partial charge in [-0.3, -0.25) is 9.59 Å². The zero-order valence-corrected chi connectivity index (χ0v) is 12.0. The third-order valence-electron chi connectivity index (χ3n) is 3.99. The normalized spacial score (nSPS) is 18.0. The van der Waals surface area contributed by atoms with Gasteiger partial charge < -0.3 is 9.88 Å². The second kappa shape index (κ2) is 5.56. The summed E-state index contributed by atoms with van der Waals surface area (Å²) in [4.78, 5) is 29.4. The minimum Gasteiger partial charge on any atom is -0.364 e. The Morgan fingerprint density at radius 1 is 1.29 bits per heavy atom. The van der Waals surface area contributed by atoms with E-state index in [1.807, 2.05) is 35.2 Å². The van der Waals surface area contributed by atoms with Crippen LogP contribution in [0.15, 0.2) is 47.4 Å². The number of aromatic amines is 1. The number of carbonyl (C=O) groups is 1. The Hall–Kier alpha value is -2.36. The second-order valence-electron chi connectivity index (χ2n) is 5.46. The zero-order valence-electron chi connectivity index (χ0n) is 12.0. The molecule has 108 valence electrons. The quantitative estimate of drug-likeness (QED) is 0.920. The molecule has 1 fully saturated rings. The van der Waals surface area contributed by atoms with E-state index in [-0.39, 0.29) is 22.9 Å². The van der Waals surface area contributed by atoms with Gasteiger partial charge in [0.1, 0.15) is 5.56 Å². The number of benzene rings is 1. The number of carbonyl (C=O) groups excluding carboxylic acids is 1. The minimum atomic E-state index is -0.213. The van der Waals surface area contributed by atoms with Crippen LogP contribution in [-0.4, -0.2) is 22.3 Å². The molecule has 1 saturated heterocycles. The Balaban J connectivity index is 1.92. The highest BCUT2D eigenvalue weighted by atomic mass is 16.2. The van der Waals surface area contributed by atoms with Crippen molar-refractivity contribution in [3.63, 3.8) is 0 Å². The van der Waals surface area contributed by atoms with E-state index in [0.717, 1.165) is 24.1 Å². The van der Waals surface area contributed by atoms with E-state index in [1.165, 1.54) is 12.3 Å². The first kappa shape index (κ1) is 13.6. The molecule has 1 N–H and O–H groups in total. The molecule has 2 heterocycles. The van der Waals surface area contributed by atoms with Crippen molar-refractivity contribution in [2.75, 3.05) is 6.54 Å². The van der Waals surface area contributed by atoms with Crippen molar-refractivity contribution in [1.82, 2.24) is 9.88 Å². The van der Waals surface area contributed by atoms with Crippen molar-refractivity contribution in [3.8, 4) is 0 Å². The number of aromatic nitrogens is 1. The molecule has 3 rings (SSSR count). The Bertz CT molecular complexity index is 706. The first-order chi connectivity index (χ1) is 10.2. The molecule has 0 bridgehead atoms. The molecule has 4 nitrogen and oxygen atoms in total. The Labute approximate surface area is 123 Å². The number of hydrogen-bond acceptors (Lipinski definition) is 2. The Morgan fingerprint density at radius 3 is 2.76 bits per heavy atom. The van der Waals surface area contributed by atoms with Gasteiger partial charge in [-0.05, 0) is 25.3 Å². The van der Waals surface area contributed by atoms with Gasteiger partial charge >= 0.3 is 0 Å². The molecular formula is C17H18N2O2. The van der Waals surface area contributed by atoms with Gasteiger partial charge in [0.2, 0.25) is 0 Å². The first-order valence-electron chi connectivity index (χ1n) is 7.22. The molecule has 1 unspecified atom stereocenters. The number of rotatable bonds is 2. The van der Waals surface area contributed by atoms with Crippen LogP contribution >= 0.6 is 0 Å². The summed E-state index contributed by atoms with van der Waals surface area (Å²) < 4.78 is 0. The van der Waals surface area contributed by atoms with Gasteiger partial charge in [-0.25, -0.2) is 0 Å². The van der Waals surface area contributed by atoms with Gasteiger partial charge in [-0.15, -0.1) is 0 Å². The van der Waals surface area contributed by atoms with Gasteiger partial charge in [-0.2, -0.15) is 0 Å². The SMILES string of the molecule is Cc1cc(=O)c(C(=O)N2CCCC2c2ccccc2)c[nH]1. The lowest BCUT2D eigenvalue weighted by Gasteiger charge is -2.25. The van der Waals surface area contributed by atoms with E-state index >= 15 is 0 Å². The summed E-state index contributed by atoms with van der Waals surface area (Å²) in [5.41, 5.74) is 1.91. The van der Waals surface area contributed by atoms with Crippen LogP contribution in [0.2, 0.25) is 0 Å². The van der Waals surface area contributed by atoms with Gasteiger partial charge in [0.15, 0.2) is 5.43 Å². The predicted octanol–water partition coefficient (Wildman–Crippen LogP) is 2.66. The van der Waals surface area contributed by atoms with Crippen molar-refractivity contribution >= 4 is 5.91 Å². The molecule has 0 radical (unpaired) electrons. The lowest BCUT2D eigenvalue weighted by molar-refractivity contribution is 0.0734. The van der Waals surface area contributed by atoms with E-state index in [9.17, 15) is 9.59 Å². The fourth-order valence-corrected chi connectivity index (χ4v) is 2.93. The van der Waals surface area contributed by atoms with Crippen LogP contribution in [0.5, 0.6) is 0 Å². The summed E-state index contributed by atoms with van der Waals surface area (Å²) in [6.45, 7) is 2.50. The molecule has 4 heteroatoms. The second-order valence-corrected chi connectivity index (χ2v) is 5.46. The molecule has 0 spiro atoms. The molecule has 1 amide bonds. The summed E-state index contributed by atoms with van der Waals surface area (Å²) in [5.74, 6) is -0.178. The highest BCUT2D eigenvalue weighted by Crippen LogP contribution is 2.32. The summed E-state index contributed by atoms with van der Waals surface area (Å²) in [6, 6.07) is 11.5. The summed E-state index contributed by atoms with van der Waals surface area (Å²) in [7, 11) is 0. The van der Waals surface area contributed by atoms with Crippen LogP contribution in [0.25, 0.3) is 0 Å². The molecular weight excluding hydrogens is 264 g/mol. The van der Waals surface area contributed by atoms with Crippen molar-refractivity contribution < 1.29 is 4.79 Å². The van der Waals surface area contributed by atoms with Gasteiger partial charge in [0.05, 0.1) is 6.04 Å². The fourth-order valence-electron chi connectivity index (χ4n) is 2.93. The third-order valence-corrected chi connectivity index (χ3v) is 3.99. The lowest BCUT2D eigenvalue weighted by Crippen LogP contribution is -2.33. The van der Waals surface area contributed by atoms with Gasteiger partial charge in [0, 0.05) is 24.5 Å². The molecule has 21 heavy (non-hydrogen) atoms. The van der Waals surface area contributed by atoms with Crippen LogP contribution in [0.4, 0.5) is 0 Å². The number of nitrogens with zero attached hydrogens (tertiary/aromatic N) is 1. The summed E-state index contributed by atoms with van der Waals surface area (Å²) in [6.07, 6.45) is 3.44. The average Bonchev–Trinajstić information content (AvgIpc) is 2.97. The molecule has 1 atom stereocenters. The maximum Gasteiger partial charge on any atom is 0.259 e. The smallest absolute Gasteiger partial charge is 0.259 e. The van der Waals surface area contributed by atoms with Crippen molar-refractivity contribution in [2.45, 2.75) is 25.8 Å². The topological polar surface area (TPSA) is 53.2 Å². The largest absolute Gasteiger partial charge is 0.364 e. The van der Waals surface area contributed by atoms with Crippen LogP contribution in [-0.2, 0) is 0 Å². The number of amides is 1. The molecule has 2 aromatic rings. The molecule has 0 saturated carbocycles. The van der Waals surface area contributed by atoms with E-state index in [2.05, 4.69) is 4.98 Å². The number of pyridine rings is 1. The average molecular weight is 282 g/mol. The highest BCUT2D eigenvalue weighted by molar-refractivity contribution is 5.94. The fraction of sp³-hybridized carbons (Fsp3) is 0.294. The van der Waals surface area contributed by atoms with Gasteiger partial charge in [-0.1, -0.05) is 30.3 Å². The first-order valence-corrected chi connectivity index (χ1v) is 7.22. The summed E-state index contributed by atoms with van der Waals surface area (Å²) in [5, 5.41) is 0. The van der Waals surface area contributed by atoms with E-state index in [4.69, 9.17) is 0 Å². The van der Waals surface area contributed by atoms with Crippen LogP contribution < -0.4 is 5.43 Å². The summed E-state index contributed by atoms with van der Waals surface area (Å²) >= 11 is 0. The maximum absolute atomic E-state index is 12.7. The van der Waals surface area contributed by atoms with Gasteiger partial charge in [0.25, 0.3) is 5.91 Å². The van der Waals surface area contributed by atoms with Crippen LogP contribution in [0, 0.1) is 6.92 Å². The van der Waals surface area contributed by atoms with E-state index in [0.29, 0.717) is 6.54 Å². The number of nitrogens with one attached hydrogen (secondary N) is 1. The highest BCUT2D eigenvalue weighted by Gasteiger charge is 2.31.